The third-order valence-corrected chi connectivity index (χ3v) is 5.18. The monoisotopic (exact) mass is 529 g/mol. The second kappa shape index (κ2) is 13.1. The maximum absolute atomic E-state index is 6.33. The van der Waals surface area contributed by atoms with Crippen molar-refractivity contribution in [3.8, 4) is 0 Å². The first-order chi connectivity index (χ1) is 13.8. The van der Waals surface area contributed by atoms with E-state index in [1.54, 1.807) is 0 Å². The van der Waals surface area contributed by atoms with Crippen molar-refractivity contribution in [2.75, 3.05) is 0 Å². The maximum Gasteiger partial charge on any atom is 2.00 e. The number of benzene rings is 2. The summed E-state index contributed by atoms with van der Waals surface area (Å²) in [6.45, 7) is 12.3. The van der Waals surface area contributed by atoms with Crippen LogP contribution in [0.5, 0.6) is 0 Å². The van der Waals surface area contributed by atoms with E-state index in [2.05, 4.69) is 32.9 Å². The summed E-state index contributed by atoms with van der Waals surface area (Å²) in [5.74, 6) is 0. The minimum Gasteiger partial charge on any atom is -1.00 e. The summed E-state index contributed by atoms with van der Waals surface area (Å²) in [5.41, 5.74) is 9.78. The summed E-state index contributed by atoms with van der Waals surface area (Å²) >= 11 is 6.33. The summed E-state index contributed by atoms with van der Waals surface area (Å²) < 4.78 is 0. The molecule has 1 heterocycles. The Bertz CT molecular complexity index is 1100. The molecule has 0 aliphatic rings. The minimum absolute atomic E-state index is 0. The Labute approximate surface area is 219 Å². The van der Waals surface area contributed by atoms with Gasteiger partial charge in [-0.05, 0) is 76.4 Å². The fourth-order valence-corrected chi connectivity index (χ4v) is 3.67. The second-order valence-electron chi connectivity index (χ2n) is 7.46. The molecule has 7 heteroatoms. The van der Waals surface area contributed by atoms with Crippen LogP contribution in [0.25, 0.3) is 0 Å². The molecule has 32 heavy (non-hydrogen) atoms. The van der Waals surface area contributed by atoms with E-state index in [1.807, 2.05) is 57.2 Å². The average Bonchev–Trinajstić information content (AvgIpc) is 2.67. The van der Waals surface area contributed by atoms with Crippen molar-refractivity contribution in [2.45, 2.75) is 41.5 Å². The molecule has 0 aliphatic carbocycles. The first kappa shape index (κ1) is 30.3. The zero-order chi connectivity index (χ0) is 21.1. The van der Waals surface area contributed by atoms with E-state index >= 15 is 0 Å². The maximum atomic E-state index is 6.33. The quantitative estimate of drug-likeness (QED) is 0.370. The molecule has 0 unspecified atom stereocenters. The number of aliphatic imine (C=N–C) groups is 2. The summed E-state index contributed by atoms with van der Waals surface area (Å²) in [7, 11) is 0. The number of para-hydroxylation sites is 1. The molecule has 0 radical (unpaired) electrons. The fourth-order valence-electron chi connectivity index (χ4n) is 3.40. The van der Waals surface area contributed by atoms with Crippen molar-refractivity contribution < 1.29 is 41.9 Å². The van der Waals surface area contributed by atoms with Gasteiger partial charge in [0.25, 0.3) is 0 Å². The Morgan fingerprint density at radius 1 is 0.719 bits per heavy atom. The molecule has 0 spiro atoms. The van der Waals surface area contributed by atoms with Gasteiger partial charge in [-0.2, -0.15) is 0 Å². The predicted molar refractivity (Wildman–Crippen MR) is 125 cm³/mol. The van der Waals surface area contributed by atoms with E-state index in [0.29, 0.717) is 5.02 Å². The van der Waals surface area contributed by atoms with Gasteiger partial charge >= 0.3 is 17.1 Å². The van der Waals surface area contributed by atoms with Crippen LogP contribution in [0.15, 0.2) is 58.5 Å². The molecular formula is C25H26Cl3FeN3. The molecular weight excluding hydrogens is 505 g/mol. The van der Waals surface area contributed by atoms with E-state index in [4.69, 9.17) is 26.6 Å². The van der Waals surface area contributed by atoms with Crippen molar-refractivity contribution in [3.63, 3.8) is 0 Å². The second-order valence-corrected chi connectivity index (χ2v) is 7.86. The van der Waals surface area contributed by atoms with Crippen molar-refractivity contribution in [2.24, 2.45) is 9.98 Å². The zero-order valence-electron chi connectivity index (χ0n) is 18.9. The summed E-state index contributed by atoms with van der Waals surface area (Å²) in [6.07, 6.45) is 0. The van der Waals surface area contributed by atoms with Crippen molar-refractivity contribution in [1.82, 2.24) is 4.98 Å². The van der Waals surface area contributed by atoms with Gasteiger partial charge in [-0.15, -0.1) is 0 Å². The van der Waals surface area contributed by atoms with Gasteiger partial charge in [0.2, 0.25) is 0 Å². The van der Waals surface area contributed by atoms with Gasteiger partial charge < -0.3 is 24.8 Å². The number of nitrogens with zero attached hydrogens (tertiary/aromatic N) is 3. The SMILES string of the molecule is C/C(=N\c1c(C)cc(C)cc1C)c1cccc(/C(C)=N/c2c(C)cccc2Cl)n1.[Cl-].[Cl-].[Fe+2]. The van der Waals surface area contributed by atoms with E-state index in [9.17, 15) is 0 Å². The molecule has 3 rings (SSSR count). The van der Waals surface area contributed by atoms with Gasteiger partial charge in [-0.1, -0.05) is 47.5 Å². The molecule has 3 nitrogen and oxygen atoms in total. The molecule has 0 saturated carbocycles. The van der Waals surface area contributed by atoms with Crippen LogP contribution in [-0.4, -0.2) is 16.4 Å². The van der Waals surface area contributed by atoms with Crippen LogP contribution in [0.1, 0.15) is 47.5 Å². The van der Waals surface area contributed by atoms with Crippen LogP contribution in [-0.2, 0) is 17.1 Å². The van der Waals surface area contributed by atoms with E-state index < -0.39 is 0 Å². The molecule has 0 amide bonds. The average molecular weight is 531 g/mol. The molecule has 3 aromatic rings. The molecule has 170 valence electrons. The number of halogens is 3. The third-order valence-electron chi connectivity index (χ3n) is 4.87. The van der Waals surface area contributed by atoms with Crippen molar-refractivity contribution >= 4 is 34.4 Å². The van der Waals surface area contributed by atoms with Crippen LogP contribution in [0, 0.1) is 27.7 Å². The Morgan fingerprint density at radius 2 is 1.19 bits per heavy atom. The zero-order valence-corrected chi connectivity index (χ0v) is 22.3. The predicted octanol–water partition coefficient (Wildman–Crippen LogP) is 1.26. The molecule has 0 saturated heterocycles. The van der Waals surface area contributed by atoms with Gasteiger partial charge in [-0.3, -0.25) is 4.99 Å². The van der Waals surface area contributed by atoms with E-state index in [-0.39, 0.29) is 41.9 Å². The van der Waals surface area contributed by atoms with Gasteiger partial charge in [0.05, 0.1) is 39.2 Å². The van der Waals surface area contributed by atoms with Gasteiger partial charge in [0.1, 0.15) is 0 Å². The fraction of sp³-hybridized carbons (Fsp3) is 0.240. The Morgan fingerprint density at radius 3 is 1.69 bits per heavy atom. The first-order valence-electron chi connectivity index (χ1n) is 9.67. The van der Waals surface area contributed by atoms with E-state index in [0.717, 1.165) is 39.7 Å². The number of hydrogen-bond acceptors (Lipinski definition) is 3. The molecule has 2 aromatic carbocycles. The van der Waals surface area contributed by atoms with E-state index in [1.165, 1.54) is 16.7 Å². The molecule has 0 atom stereocenters. The standard InChI is InChI=1S/C25H26ClN3.2ClH.Fe/c1-15-13-17(3)24(18(4)14-15)27-19(5)22-11-8-12-23(29-22)20(6)28-25-16(2)9-7-10-21(25)26;;;/h7-14H,1-6H3;2*1H;/q;;;+2/p-2/b27-19+,28-20+;;;. The van der Waals surface area contributed by atoms with Crippen molar-refractivity contribution in [3.05, 3.63) is 87.2 Å². The Balaban J connectivity index is 0.00000320. The van der Waals surface area contributed by atoms with Crippen LogP contribution in [0.2, 0.25) is 5.02 Å². The van der Waals surface area contributed by atoms with Crippen LogP contribution < -0.4 is 24.8 Å². The molecule has 0 bridgehead atoms. The number of aryl methyl sites for hydroxylation is 4. The van der Waals surface area contributed by atoms with Gasteiger partial charge in [0.15, 0.2) is 0 Å². The number of aromatic nitrogens is 1. The van der Waals surface area contributed by atoms with Crippen LogP contribution in [0.3, 0.4) is 0 Å². The molecule has 0 aliphatic heterocycles. The van der Waals surface area contributed by atoms with Crippen LogP contribution in [0.4, 0.5) is 11.4 Å². The van der Waals surface area contributed by atoms with Gasteiger partial charge in [-0.25, -0.2) is 9.98 Å². The smallest absolute Gasteiger partial charge is 1.00 e. The summed E-state index contributed by atoms with van der Waals surface area (Å²) in [5, 5.41) is 0.642. The van der Waals surface area contributed by atoms with Gasteiger partial charge in [0, 0.05) is 0 Å². The summed E-state index contributed by atoms with van der Waals surface area (Å²) in [6, 6.07) is 16.0. The molecule has 0 fully saturated rings. The summed E-state index contributed by atoms with van der Waals surface area (Å²) in [4.78, 5) is 14.4. The number of pyridine rings is 1. The third kappa shape index (κ3) is 7.16. The largest absolute Gasteiger partial charge is 2.00 e. The molecule has 0 N–H and O–H groups in total. The number of rotatable bonds is 4. The molecule has 1 aromatic heterocycles. The Kier molecular flexibility index (Phi) is 12.4. The minimum atomic E-state index is 0. The topological polar surface area (TPSA) is 37.6 Å². The Hall–Kier alpha value is -1.68. The van der Waals surface area contributed by atoms with Crippen molar-refractivity contribution in [1.29, 1.82) is 0 Å². The first-order valence-corrected chi connectivity index (χ1v) is 10.1. The van der Waals surface area contributed by atoms with Crippen LogP contribution >= 0.6 is 11.6 Å². The normalized spacial score (nSPS) is 11.2. The number of hydrogen-bond donors (Lipinski definition) is 0.